The van der Waals surface area contributed by atoms with Crippen molar-refractivity contribution in [2.24, 2.45) is 17.3 Å². The van der Waals surface area contributed by atoms with Gasteiger partial charge in [0.2, 0.25) is 0 Å². The second kappa shape index (κ2) is 9.36. The first-order chi connectivity index (χ1) is 12.9. The van der Waals surface area contributed by atoms with E-state index in [9.17, 15) is 9.59 Å². The molecule has 0 heterocycles. The lowest BCUT2D eigenvalue weighted by molar-refractivity contribution is -0.0474. The molecule has 144 valence electrons. The van der Waals surface area contributed by atoms with Crippen molar-refractivity contribution < 1.29 is 19.1 Å². The van der Waals surface area contributed by atoms with Gasteiger partial charge in [-0.3, -0.25) is 0 Å². The minimum absolute atomic E-state index is 0.157. The van der Waals surface area contributed by atoms with Crippen LogP contribution in [0.1, 0.15) is 48.4 Å². The topological polar surface area (TPSA) is 52.6 Å². The van der Waals surface area contributed by atoms with E-state index in [0.29, 0.717) is 11.1 Å². The maximum atomic E-state index is 12.4. The normalized spacial score (nSPS) is 11.5. The fraction of sp³-hybridized carbons (Fsp3) is 0.391. The second-order valence-corrected chi connectivity index (χ2v) is 7.43. The molecule has 0 atom stereocenters. The van der Waals surface area contributed by atoms with Crippen molar-refractivity contribution in [1.82, 2.24) is 0 Å². The molecule has 0 aliphatic carbocycles. The van der Waals surface area contributed by atoms with E-state index in [2.05, 4.69) is 27.7 Å². The molecule has 0 amide bonds. The number of rotatable bonds is 8. The fourth-order valence-electron chi connectivity index (χ4n) is 3.09. The molecule has 0 radical (unpaired) electrons. The van der Waals surface area contributed by atoms with Gasteiger partial charge in [-0.1, -0.05) is 64.1 Å². The van der Waals surface area contributed by atoms with Gasteiger partial charge in [0.1, 0.15) is 13.2 Å². The van der Waals surface area contributed by atoms with Crippen molar-refractivity contribution in [2.75, 3.05) is 13.2 Å². The van der Waals surface area contributed by atoms with Gasteiger partial charge in [-0.2, -0.15) is 0 Å². The molecule has 2 rings (SSSR count). The van der Waals surface area contributed by atoms with E-state index in [0.717, 1.165) is 0 Å². The lowest BCUT2D eigenvalue weighted by Gasteiger charge is -2.40. The largest absolute Gasteiger partial charge is 0.461 e. The molecule has 0 N–H and O–H groups in total. The van der Waals surface area contributed by atoms with Gasteiger partial charge >= 0.3 is 11.9 Å². The Balaban J connectivity index is 2.10. The monoisotopic (exact) mass is 368 g/mol. The summed E-state index contributed by atoms with van der Waals surface area (Å²) < 4.78 is 11.2. The maximum Gasteiger partial charge on any atom is 0.338 e. The average molecular weight is 368 g/mol. The Morgan fingerprint density at radius 3 is 1.33 bits per heavy atom. The molecule has 0 spiro atoms. The number of hydrogen-bond acceptors (Lipinski definition) is 4. The standard InChI is InChI=1S/C23H28O4/c1-17(2)23(18(3)4,15-26-21(24)19-11-7-5-8-12-19)16-27-22(25)20-13-9-6-10-14-20/h5-14,17-18H,15-16H2,1-4H3. The highest BCUT2D eigenvalue weighted by Gasteiger charge is 2.40. The van der Waals surface area contributed by atoms with E-state index in [4.69, 9.17) is 9.47 Å². The van der Waals surface area contributed by atoms with E-state index in [1.54, 1.807) is 48.5 Å². The predicted molar refractivity (Wildman–Crippen MR) is 106 cm³/mol. The van der Waals surface area contributed by atoms with Crippen LogP contribution in [0.15, 0.2) is 60.7 Å². The van der Waals surface area contributed by atoms with Crippen LogP contribution in [0.3, 0.4) is 0 Å². The number of hydrogen-bond donors (Lipinski definition) is 0. The van der Waals surface area contributed by atoms with Gasteiger partial charge in [0.15, 0.2) is 0 Å². The Kier molecular flexibility index (Phi) is 7.17. The average Bonchev–Trinajstić information content (AvgIpc) is 2.68. The van der Waals surface area contributed by atoms with Crippen molar-refractivity contribution >= 4 is 11.9 Å². The molecule has 0 unspecified atom stereocenters. The van der Waals surface area contributed by atoms with Crippen LogP contribution in [0, 0.1) is 17.3 Å². The van der Waals surface area contributed by atoms with Crippen molar-refractivity contribution in [1.29, 1.82) is 0 Å². The van der Waals surface area contributed by atoms with Gasteiger partial charge in [0.05, 0.1) is 11.1 Å². The molecule has 0 fully saturated rings. The molecular weight excluding hydrogens is 340 g/mol. The van der Waals surface area contributed by atoms with Gasteiger partial charge in [-0.25, -0.2) is 9.59 Å². The van der Waals surface area contributed by atoms with Crippen molar-refractivity contribution in [3.05, 3.63) is 71.8 Å². The van der Waals surface area contributed by atoms with E-state index >= 15 is 0 Å². The van der Waals surface area contributed by atoms with Gasteiger partial charge in [-0.15, -0.1) is 0 Å². The van der Waals surface area contributed by atoms with Crippen LogP contribution >= 0.6 is 0 Å². The molecule has 0 aromatic heterocycles. The molecule has 4 nitrogen and oxygen atoms in total. The van der Waals surface area contributed by atoms with Gasteiger partial charge in [-0.05, 0) is 36.1 Å². The van der Waals surface area contributed by atoms with Crippen LogP contribution in [0.25, 0.3) is 0 Å². The lowest BCUT2D eigenvalue weighted by atomic mass is 9.70. The molecule has 2 aromatic rings. The van der Waals surface area contributed by atoms with E-state index in [1.807, 2.05) is 12.1 Å². The molecule has 4 heteroatoms. The second-order valence-electron chi connectivity index (χ2n) is 7.43. The minimum Gasteiger partial charge on any atom is -0.461 e. The summed E-state index contributed by atoms with van der Waals surface area (Å²) in [5.41, 5.74) is 0.565. The number of esters is 2. The first kappa shape index (κ1) is 20.7. The number of carbonyl (C=O) groups is 2. The Bertz CT molecular complexity index is 670. The maximum absolute atomic E-state index is 12.4. The highest BCUT2D eigenvalue weighted by Crippen LogP contribution is 2.37. The van der Waals surface area contributed by atoms with Gasteiger partial charge < -0.3 is 9.47 Å². The number of benzene rings is 2. The molecule has 0 saturated heterocycles. The molecular formula is C23H28O4. The Hall–Kier alpha value is -2.62. The van der Waals surface area contributed by atoms with Crippen LogP contribution in [0.4, 0.5) is 0 Å². The van der Waals surface area contributed by atoms with Crippen LogP contribution in [0.5, 0.6) is 0 Å². The molecule has 0 bridgehead atoms. The third-order valence-electron chi connectivity index (χ3n) is 5.26. The minimum atomic E-state index is -0.463. The van der Waals surface area contributed by atoms with Gasteiger partial charge in [0.25, 0.3) is 0 Å². The van der Waals surface area contributed by atoms with Gasteiger partial charge in [0, 0.05) is 5.41 Å². The third kappa shape index (κ3) is 5.19. The summed E-state index contributed by atoms with van der Waals surface area (Å²) in [6, 6.07) is 17.8. The molecule has 0 aliphatic rings. The molecule has 0 saturated carbocycles. The van der Waals surface area contributed by atoms with E-state index < -0.39 is 5.41 Å². The number of ether oxygens (including phenoxy) is 2. The Labute approximate surface area is 161 Å². The summed E-state index contributed by atoms with van der Waals surface area (Å²) in [6.07, 6.45) is 0. The Morgan fingerprint density at radius 2 is 1.04 bits per heavy atom. The zero-order valence-electron chi connectivity index (χ0n) is 16.5. The zero-order valence-corrected chi connectivity index (χ0v) is 16.5. The molecule has 2 aromatic carbocycles. The SMILES string of the molecule is CC(C)C(COC(=O)c1ccccc1)(COC(=O)c1ccccc1)C(C)C. The smallest absolute Gasteiger partial charge is 0.338 e. The van der Waals surface area contributed by atoms with Crippen LogP contribution in [-0.4, -0.2) is 25.2 Å². The lowest BCUT2D eigenvalue weighted by Crippen LogP contribution is -2.43. The quantitative estimate of drug-likeness (QED) is 0.615. The summed E-state index contributed by atoms with van der Waals surface area (Å²) in [7, 11) is 0. The third-order valence-corrected chi connectivity index (χ3v) is 5.26. The zero-order chi connectivity index (χ0) is 19.9. The highest BCUT2D eigenvalue weighted by molar-refractivity contribution is 5.89. The van der Waals surface area contributed by atoms with Crippen molar-refractivity contribution in [3.8, 4) is 0 Å². The van der Waals surface area contributed by atoms with E-state index in [1.165, 1.54) is 0 Å². The van der Waals surface area contributed by atoms with Crippen LogP contribution in [0.2, 0.25) is 0 Å². The van der Waals surface area contributed by atoms with Crippen LogP contribution in [-0.2, 0) is 9.47 Å². The van der Waals surface area contributed by atoms with Crippen molar-refractivity contribution in [2.45, 2.75) is 27.7 Å². The summed E-state index contributed by atoms with van der Waals surface area (Å²) in [6.45, 7) is 8.63. The van der Waals surface area contributed by atoms with E-state index in [-0.39, 0.29) is 37.0 Å². The Morgan fingerprint density at radius 1 is 0.704 bits per heavy atom. The highest BCUT2D eigenvalue weighted by atomic mass is 16.5. The predicted octanol–water partition coefficient (Wildman–Crippen LogP) is 5.00. The first-order valence-electron chi connectivity index (χ1n) is 9.31. The van der Waals surface area contributed by atoms with Crippen LogP contribution < -0.4 is 0 Å². The van der Waals surface area contributed by atoms with Crippen molar-refractivity contribution in [3.63, 3.8) is 0 Å². The molecule has 0 aliphatic heterocycles. The first-order valence-corrected chi connectivity index (χ1v) is 9.31. The summed E-state index contributed by atoms with van der Waals surface area (Å²) in [5, 5.41) is 0. The fourth-order valence-corrected chi connectivity index (χ4v) is 3.09. The number of carbonyl (C=O) groups excluding carboxylic acids is 2. The summed E-state index contributed by atoms with van der Waals surface area (Å²) in [4.78, 5) is 24.7. The summed E-state index contributed by atoms with van der Waals surface area (Å²) in [5.74, 6) is -0.416. The molecule has 27 heavy (non-hydrogen) atoms. The summed E-state index contributed by atoms with van der Waals surface area (Å²) >= 11 is 0.